The van der Waals surface area contributed by atoms with Crippen LogP contribution in [0.15, 0.2) is 57.6 Å². The lowest BCUT2D eigenvalue weighted by Gasteiger charge is -2.27. The summed E-state index contributed by atoms with van der Waals surface area (Å²) in [5.41, 5.74) is 0.894. The third-order valence-electron chi connectivity index (χ3n) is 5.14. The molecule has 1 aliphatic rings. The van der Waals surface area contributed by atoms with Gasteiger partial charge in [0.05, 0.1) is 12.8 Å². The van der Waals surface area contributed by atoms with Gasteiger partial charge < -0.3 is 28.1 Å². The molecule has 0 aliphatic carbocycles. The molecule has 8 nitrogen and oxygen atoms in total. The predicted molar refractivity (Wildman–Crippen MR) is 115 cm³/mol. The number of aryl methyl sites for hydroxylation is 1. The standard InChI is InChI=1S/C24H26N2O6/c1-3-10-25(24(28)21-5-4-11-29-21)15-23(27)26(14-19-8-6-17(2)32-19)13-18-7-9-20-22(12-18)31-16-30-20/h4-9,11-12H,3,10,13-16H2,1-2H3. The molecule has 4 rings (SSSR count). The molecule has 0 spiro atoms. The molecular formula is C24H26N2O6. The maximum atomic E-state index is 13.4. The van der Waals surface area contributed by atoms with Gasteiger partial charge in [-0.25, -0.2) is 0 Å². The minimum atomic E-state index is -0.304. The Kier molecular flexibility index (Phi) is 6.49. The van der Waals surface area contributed by atoms with E-state index in [4.69, 9.17) is 18.3 Å². The summed E-state index contributed by atoms with van der Waals surface area (Å²) in [7, 11) is 0. The third kappa shape index (κ3) is 4.96. The van der Waals surface area contributed by atoms with Gasteiger partial charge in [0, 0.05) is 13.1 Å². The molecule has 0 bridgehead atoms. The topological polar surface area (TPSA) is 85.4 Å². The van der Waals surface area contributed by atoms with Crippen LogP contribution in [0.5, 0.6) is 11.5 Å². The van der Waals surface area contributed by atoms with E-state index in [9.17, 15) is 9.59 Å². The average molecular weight is 438 g/mol. The fourth-order valence-corrected chi connectivity index (χ4v) is 3.59. The van der Waals surface area contributed by atoms with Crippen LogP contribution in [0.3, 0.4) is 0 Å². The predicted octanol–water partition coefficient (Wildman–Crippen LogP) is 3.99. The van der Waals surface area contributed by atoms with E-state index in [1.165, 1.54) is 11.2 Å². The van der Waals surface area contributed by atoms with E-state index < -0.39 is 0 Å². The maximum Gasteiger partial charge on any atom is 0.290 e. The zero-order chi connectivity index (χ0) is 22.5. The third-order valence-corrected chi connectivity index (χ3v) is 5.14. The lowest BCUT2D eigenvalue weighted by atomic mass is 10.1. The summed E-state index contributed by atoms with van der Waals surface area (Å²) < 4.78 is 21.8. The summed E-state index contributed by atoms with van der Waals surface area (Å²) >= 11 is 0. The first-order valence-corrected chi connectivity index (χ1v) is 10.6. The van der Waals surface area contributed by atoms with Crippen molar-refractivity contribution in [1.82, 2.24) is 9.80 Å². The van der Waals surface area contributed by atoms with Crippen LogP contribution in [0.25, 0.3) is 0 Å². The van der Waals surface area contributed by atoms with E-state index in [1.54, 1.807) is 17.0 Å². The molecule has 1 aromatic carbocycles. The Hall–Kier alpha value is -3.68. The highest BCUT2D eigenvalue weighted by molar-refractivity contribution is 5.94. The zero-order valence-corrected chi connectivity index (χ0v) is 18.2. The van der Waals surface area contributed by atoms with Crippen LogP contribution in [-0.4, -0.2) is 41.5 Å². The number of benzene rings is 1. The summed E-state index contributed by atoms with van der Waals surface area (Å²) in [5.74, 6) is 2.52. The number of hydrogen-bond donors (Lipinski definition) is 0. The van der Waals surface area contributed by atoms with Crippen molar-refractivity contribution in [2.75, 3.05) is 19.9 Å². The Morgan fingerprint density at radius 1 is 1.00 bits per heavy atom. The minimum absolute atomic E-state index is 0.0579. The summed E-state index contributed by atoms with van der Waals surface area (Å²) in [6, 6.07) is 12.6. The van der Waals surface area contributed by atoms with Crippen molar-refractivity contribution in [3.8, 4) is 11.5 Å². The number of furan rings is 2. The summed E-state index contributed by atoms with van der Waals surface area (Å²) in [5, 5.41) is 0. The van der Waals surface area contributed by atoms with Crippen molar-refractivity contribution in [3.63, 3.8) is 0 Å². The SMILES string of the molecule is CCCN(CC(=O)N(Cc1ccc2c(c1)OCO2)Cc1ccc(C)o1)C(=O)c1ccco1. The van der Waals surface area contributed by atoms with Gasteiger partial charge >= 0.3 is 0 Å². The zero-order valence-electron chi connectivity index (χ0n) is 18.2. The van der Waals surface area contributed by atoms with Crippen LogP contribution in [0.2, 0.25) is 0 Å². The fourth-order valence-electron chi connectivity index (χ4n) is 3.59. The largest absolute Gasteiger partial charge is 0.464 e. The molecule has 3 aromatic rings. The molecule has 0 radical (unpaired) electrons. The van der Waals surface area contributed by atoms with Crippen molar-refractivity contribution >= 4 is 11.8 Å². The Morgan fingerprint density at radius 2 is 1.84 bits per heavy atom. The van der Waals surface area contributed by atoms with E-state index >= 15 is 0 Å². The van der Waals surface area contributed by atoms with Gasteiger partial charge in [0.15, 0.2) is 17.3 Å². The van der Waals surface area contributed by atoms with Gasteiger partial charge in [0.1, 0.15) is 18.1 Å². The van der Waals surface area contributed by atoms with Crippen molar-refractivity contribution in [1.29, 1.82) is 0 Å². The monoisotopic (exact) mass is 438 g/mol. The second-order valence-electron chi connectivity index (χ2n) is 7.65. The van der Waals surface area contributed by atoms with Gasteiger partial charge in [0.25, 0.3) is 5.91 Å². The van der Waals surface area contributed by atoms with E-state index in [2.05, 4.69) is 0 Å². The highest BCUT2D eigenvalue weighted by Gasteiger charge is 2.25. The van der Waals surface area contributed by atoms with Crippen LogP contribution >= 0.6 is 0 Å². The number of nitrogens with zero attached hydrogens (tertiary/aromatic N) is 2. The lowest BCUT2D eigenvalue weighted by Crippen LogP contribution is -2.42. The number of fused-ring (bicyclic) bond motifs is 1. The number of carbonyl (C=O) groups is 2. The molecule has 1 aliphatic heterocycles. The van der Waals surface area contributed by atoms with Gasteiger partial charge in [-0.3, -0.25) is 9.59 Å². The molecule has 0 saturated carbocycles. The number of rotatable bonds is 9. The number of ether oxygens (including phenoxy) is 2. The molecule has 0 N–H and O–H groups in total. The molecule has 168 valence electrons. The fraction of sp³-hybridized carbons (Fsp3) is 0.333. The lowest BCUT2D eigenvalue weighted by molar-refractivity contribution is -0.133. The van der Waals surface area contributed by atoms with E-state index in [1.807, 2.05) is 44.2 Å². The van der Waals surface area contributed by atoms with Crippen molar-refractivity contribution < 1.29 is 27.9 Å². The molecule has 0 fully saturated rings. The van der Waals surface area contributed by atoms with Crippen molar-refractivity contribution in [2.45, 2.75) is 33.4 Å². The highest BCUT2D eigenvalue weighted by Crippen LogP contribution is 2.33. The molecule has 0 atom stereocenters. The number of hydrogen-bond acceptors (Lipinski definition) is 6. The average Bonchev–Trinajstić information content (AvgIpc) is 3.54. The first-order valence-electron chi connectivity index (χ1n) is 10.6. The summed E-state index contributed by atoms with van der Waals surface area (Å²) in [6.07, 6.45) is 2.17. The molecule has 8 heteroatoms. The quantitative estimate of drug-likeness (QED) is 0.502. The van der Waals surface area contributed by atoms with Crippen LogP contribution in [-0.2, 0) is 17.9 Å². The van der Waals surface area contributed by atoms with E-state index in [-0.39, 0.29) is 37.5 Å². The maximum absolute atomic E-state index is 13.4. The molecular weight excluding hydrogens is 412 g/mol. The Labute approximate surface area is 186 Å². The molecule has 32 heavy (non-hydrogen) atoms. The molecule has 2 amide bonds. The molecule has 2 aromatic heterocycles. The van der Waals surface area contributed by atoms with E-state index in [0.29, 0.717) is 30.3 Å². The Bertz CT molecular complexity index is 1070. The van der Waals surface area contributed by atoms with Crippen LogP contribution in [0.4, 0.5) is 0 Å². The summed E-state index contributed by atoms with van der Waals surface area (Å²) in [6.45, 7) is 5.02. The molecule has 0 unspecified atom stereocenters. The number of carbonyl (C=O) groups excluding carboxylic acids is 2. The molecule has 0 saturated heterocycles. The Balaban J connectivity index is 1.53. The first kappa shape index (κ1) is 21.5. The highest BCUT2D eigenvalue weighted by atomic mass is 16.7. The summed E-state index contributed by atoms with van der Waals surface area (Å²) in [4.78, 5) is 29.4. The smallest absolute Gasteiger partial charge is 0.290 e. The van der Waals surface area contributed by atoms with Gasteiger partial charge in [0.2, 0.25) is 12.7 Å². The van der Waals surface area contributed by atoms with Gasteiger partial charge in [-0.05, 0) is 55.3 Å². The minimum Gasteiger partial charge on any atom is -0.464 e. The normalized spacial score (nSPS) is 12.1. The number of amides is 2. The van der Waals surface area contributed by atoms with Gasteiger partial charge in [-0.1, -0.05) is 13.0 Å². The van der Waals surface area contributed by atoms with Crippen LogP contribution < -0.4 is 9.47 Å². The van der Waals surface area contributed by atoms with Gasteiger partial charge in [-0.15, -0.1) is 0 Å². The van der Waals surface area contributed by atoms with Crippen LogP contribution in [0.1, 0.15) is 41.0 Å². The second kappa shape index (κ2) is 9.64. The van der Waals surface area contributed by atoms with E-state index in [0.717, 1.165) is 17.7 Å². The Morgan fingerprint density at radius 3 is 2.56 bits per heavy atom. The first-order chi connectivity index (χ1) is 15.5. The second-order valence-corrected chi connectivity index (χ2v) is 7.65. The van der Waals surface area contributed by atoms with Crippen LogP contribution in [0, 0.1) is 6.92 Å². The molecule has 3 heterocycles. The van der Waals surface area contributed by atoms with Crippen molar-refractivity contribution in [3.05, 3.63) is 71.6 Å². The van der Waals surface area contributed by atoms with Crippen molar-refractivity contribution in [2.24, 2.45) is 0 Å². The van der Waals surface area contributed by atoms with Gasteiger partial charge in [-0.2, -0.15) is 0 Å².